The Hall–Kier alpha value is -4.18. The van der Waals surface area contributed by atoms with Gasteiger partial charge in [-0.3, -0.25) is 9.59 Å². The Bertz CT molecular complexity index is 1320. The zero-order valence-corrected chi connectivity index (χ0v) is 19.3. The molecule has 0 aliphatic heterocycles. The zero-order valence-electron chi connectivity index (χ0n) is 18.4. The average molecular weight is 476 g/mol. The highest BCUT2D eigenvalue weighted by atomic mass is 32.2. The Labute approximate surface area is 199 Å². The molecule has 34 heavy (non-hydrogen) atoms. The first kappa shape index (κ1) is 23.0. The smallest absolute Gasteiger partial charge is 0.258 e. The number of rotatable bonds is 8. The Balaban J connectivity index is 1.42. The van der Waals surface area contributed by atoms with E-state index in [2.05, 4.69) is 20.4 Å². The highest BCUT2D eigenvalue weighted by Crippen LogP contribution is 2.28. The number of aryl methyl sites for hydroxylation is 2. The van der Waals surface area contributed by atoms with E-state index >= 15 is 0 Å². The van der Waals surface area contributed by atoms with E-state index in [1.807, 2.05) is 13.8 Å². The molecule has 3 N–H and O–H groups in total. The molecule has 9 nitrogen and oxygen atoms in total. The summed E-state index contributed by atoms with van der Waals surface area (Å²) in [5.74, 6) is 1.22. The fourth-order valence-corrected chi connectivity index (χ4v) is 4.22. The first-order valence-corrected chi connectivity index (χ1v) is 11.2. The van der Waals surface area contributed by atoms with Crippen LogP contribution in [0.5, 0.6) is 11.6 Å². The number of hydrogen-bond acceptors (Lipinski definition) is 8. The fourth-order valence-electron chi connectivity index (χ4n) is 3.07. The van der Waals surface area contributed by atoms with Crippen LogP contribution in [0.4, 0.5) is 5.69 Å². The molecule has 0 unspecified atom stereocenters. The van der Waals surface area contributed by atoms with Gasteiger partial charge in [-0.05, 0) is 50.2 Å². The van der Waals surface area contributed by atoms with Gasteiger partial charge in [0.2, 0.25) is 11.8 Å². The molecular formula is C24H21N5O4S. The molecule has 3 heterocycles. The van der Waals surface area contributed by atoms with E-state index in [0.717, 1.165) is 17.0 Å². The molecule has 172 valence electrons. The van der Waals surface area contributed by atoms with Crippen molar-refractivity contribution in [2.45, 2.75) is 24.6 Å². The molecule has 10 heteroatoms. The fraction of sp³-hybridized carbons (Fsp3) is 0.125. The van der Waals surface area contributed by atoms with Crippen molar-refractivity contribution in [3.8, 4) is 11.6 Å². The van der Waals surface area contributed by atoms with Crippen LogP contribution in [0.1, 0.15) is 37.7 Å². The number of primary amides is 1. The summed E-state index contributed by atoms with van der Waals surface area (Å²) in [6, 6.07) is 13.2. The van der Waals surface area contributed by atoms with Gasteiger partial charge in [0.1, 0.15) is 16.5 Å². The first-order valence-electron chi connectivity index (χ1n) is 10.3. The number of aromatic nitrogens is 3. The summed E-state index contributed by atoms with van der Waals surface area (Å²) in [5, 5.41) is 7.39. The lowest BCUT2D eigenvalue weighted by Gasteiger charge is -2.10. The number of benzene rings is 1. The molecule has 0 radical (unpaired) electrons. The van der Waals surface area contributed by atoms with E-state index in [-0.39, 0.29) is 5.91 Å². The maximum absolute atomic E-state index is 12.9. The minimum absolute atomic E-state index is 0.303. The van der Waals surface area contributed by atoms with Gasteiger partial charge in [0, 0.05) is 29.1 Å². The minimum Gasteiger partial charge on any atom is -0.439 e. The number of nitrogens with two attached hydrogens (primary N) is 1. The summed E-state index contributed by atoms with van der Waals surface area (Å²) in [6.45, 7) is 3.74. The summed E-state index contributed by atoms with van der Waals surface area (Å²) in [7, 11) is 0. The lowest BCUT2D eigenvalue weighted by molar-refractivity contribution is 0.0997. The maximum atomic E-state index is 12.9. The van der Waals surface area contributed by atoms with Crippen molar-refractivity contribution in [1.82, 2.24) is 15.1 Å². The van der Waals surface area contributed by atoms with Crippen molar-refractivity contribution in [3.63, 3.8) is 0 Å². The lowest BCUT2D eigenvalue weighted by Crippen LogP contribution is -2.13. The first-order chi connectivity index (χ1) is 16.4. The van der Waals surface area contributed by atoms with Crippen LogP contribution in [-0.4, -0.2) is 26.9 Å². The highest BCUT2D eigenvalue weighted by molar-refractivity contribution is 7.98. The number of nitrogens with zero attached hydrogens (tertiary/aromatic N) is 3. The number of ether oxygens (including phenoxy) is 1. The molecule has 2 amide bonds. The van der Waals surface area contributed by atoms with Crippen molar-refractivity contribution < 1.29 is 18.8 Å². The molecule has 1 aromatic carbocycles. The summed E-state index contributed by atoms with van der Waals surface area (Å²) < 4.78 is 10.9. The molecule has 4 rings (SSSR count). The molecule has 0 saturated carbocycles. The summed E-state index contributed by atoms with van der Waals surface area (Å²) in [4.78, 5) is 32.8. The predicted octanol–water partition coefficient (Wildman–Crippen LogP) is 4.52. The van der Waals surface area contributed by atoms with Gasteiger partial charge in [-0.25, -0.2) is 9.97 Å². The van der Waals surface area contributed by atoms with Gasteiger partial charge in [-0.15, -0.1) is 11.8 Å². The molecule has 4 aromatic rings. The standard InChI is InChI=1S/C24H21N5O4S/c1-14-20(15(2)33-29-14)13-34-24-19(7-4-10-26-24)23(31)28-17-8-9-21(27-12-17)32-18-6-3-5-16(11-18)22(25)30/h3-12H,13H2,1-2H3,(H2,25,30)(H,28,31). The van der Waals surface area contributed by atoms with Crippen LogP contribution in [0.15, 0.2) is 70.5 Å². The zero-order chi connectivity index (χ0) is 24.1. The van der Waals surface area contributed by atoms with Gasteiger partial charge in [0.05, 0.1) is 23.1 Å². The maximum Gasteiger partial charge on any atom is 0.258 e. The topological polar surface area (TPSA) is 133 Å². The number of nitrogens with one attached hydrogen (secondary N) is 1. The number of carbonyl (C=O) groups excluding carboxylic acids is 2. The third kappa shape index (κ3) is 5.41. The predicted molar refractivity (Wildman–Crippen MR) is 127 cm³/mol. The SMILES string of the molecule is Cc1noc(C)c1CSc1ncccc1C(=O)Nc1ccc(Oc2cccc(C(N)=O)c2)nc1. The normalized spacial score (nSPS) is 10.6. The average Bonchev–Trinajstić information content (AvgIpc) is 3.16. The van der Waals surface area contributed by atoms with Crippen LogP contribution in [0.25, 0.3) is 0 Å². The van der Waals surface area contributed by atoms with Crippen molar-refractivity contribution >= 4 is 29.3 Å². The quantitative estimate of drug-likeness (QED) is 0.355. The van der Waals surface area contributed by atoms with Crippen LogP contribution >= 0.6 is 11.8 Å². The van der Waals surface area contributed by atoms with Crippen LogP contribution < -0.4 is 15.8 Å². The molecule has 0 fully saturated rings. The summed E-state index contributed by atoms with van der Waals surface area (Å²) in [5.41, 5.74) is 8.38. The van der Waals surface area contributed by atoms with Crippen molar-refractivity contribution in [3.05, 3.63) is 89.1 Å². The van der Waals surface area contributed by atoms with Crippen LogP contribution in [0, 0.1) is 13.8 Å². The minimum atomic E-state index is -0.545. The largest absolute Gasteiger partial charge is 0.439 e. The Morgan fingerprint density at radius 1 is 1.12 bits per heavy atom. The van der Waals surface area contributed by atoms with Gasteiger partial charge in [0.15, 0.2) is 0 Å². The Morgan fingerprint density at radius 3 is 2.68 bits per heavy atom. The number of hydrogen-bond donors (Lipinski definition) is 2. The van der Waals surface area contributed by atoms with E-state index in [9.17, 15) is 9.59 Å². The Morgan fingerprint density at radius 2 is 1.97 bits per heavy atom. The molecule has 0 aliphatic carbocycles. The molecular weight excluding hydrogens is 454 g/mol. The van der Waals surface area contributed by atoms with Crippen LogP contribution in [0.2, 0.25) is 0 Å². The number of thioether (sulfide) groups is 1. The molecule has 0 aliphatic rings. The second kappa shape index (κ2) is 10.2. The highest BCUT2D eigenvalue weighted by Gasteiger charge is 2.16. The van der Waals surface area contributed by atoms with E-state index in [1.54, 1.807) is 48.7 Å². The third-order valence-corrected chi connectivity index (χ3v) is 5.92. The van der Waals surface area contributed by atoms with Gasteiger partial charge >= 0.3 is 0 Å². The molecule has 0 spiro atoms. The van der Waals surface area contributed by atoms with E-state index < -0.39 is 5.91 Å². The molecule has 0 atom stereocenters. The number of pyridine rings is 2. The van der Waals surface area contributed by atoms with E-state index in [1.165, 1.54) is 24.0 Å². The van der Waals surface area contributed by atoms with Gasteiger partial charge in [-0.1, -0.05) is 11.2 Å². The number of amides is 2. The van der Waals surface area contributed by atoms with Crippen molar-refractivity contribution in [1.29, 1.82) is 0 Å². The third-order valence-electron chi connectivity index (χ3n) is 4.89. The second-order valence-electron chi connectivity index (χ2n) is 7.28. The number of carbonyl (C=O) groups is 2. The number of anilines is 1. The lowest BCUT2D eigenvalue weighted by atomic mass is 10.2. The molecule has 0 bridgehead atoms. The van der Waals surface area contributed by atoms with Crippen molar-refractivity contribution in [2.75, 3.05) is 5.32 Å². The van der Waals surface area contributed by atoms with Gasteiger partial charge < -0.3 is 20.3 Å². The summed E-state index contributed by atoms with van der Waals surface area (Å²) >= 11 is 1.44. The monoisotopic (exact) mass is 475 g/mol. The Kier molecular flexibility index (Phi) is 6.88. The van der Waals surface area contributed by atoms with Crippen LogP contribution in [-0.2, 0) is 5.75 Å². The van der Waals surface area contributed by atoms with E-state index in [4.69, 9.17) is 15.0 Å². The molecule has 3 aromatic heterocycles. The summed E-state index contributed by atoms with van der Waals surface area (Å²) in [6.07, 6.45) is 3.13. The second-order valence-corrected chi connectivity index (χ2v) is 8.24. The molecule has 0 saturated heterocycles. The van der Waals surface area contributed by atoms with Gasteiger partial charge in [0.25, 0.3) is 5.91 Å². The van der Waals surface area contributed by atoms with Crippen molar-refractivity contribution in [2.24, 2.45) is 5.73 Å². The van der Waals surface area contributed by atoms with Gasteiger partial charge in [-0.2, -0.15) is 0 Å². The van der Waals surface area contributed by atoms with E-state index in [0.29, 0.717) is 39.2 Å². The van der Waals surface area contributed by atoms with Crippen LogP contribution in [0.3, 0.4) is 0 Å².